The molecule has 1 atom stereocenters. The number of aryl methyl sites for hydroxylation is 1. The van der Waals surface area contributed by atoms with Gasteiger partial charge in [-0.2, -0.15) is 8.42 Å². The Labute approximate surface area is 194 Å². The van der Waals surface area contributed by atoms with Crippen LogP contribution in [0.4, 0.5) is 0 Å². The van der Waals surface area contributed by atoms with E-state index in [0.29, 0.717) is 12.1 Å². The molecule has 1 aliphatic heterocycles. The first-order valence-corrected chi connectivity index (χ1v) is 14.2. The Morgan fingerprint density at radius 3 is 2.16 bits per heavy atom. The predicted molar refractivity (Wildman–Crippen MR) is 132 cm³/mol. The van der Waals surface area contributed by atoms with Gasteiger partial charge in [-0.15, -0.1) is 4.40 Å². The van der Waals surface area contributed by atoms with Crippen LogP contribution in [0.2, 0.25) is 0 Å². The largest absolute Gasteiger partial charge is 0.313 e. The van der Waals surface area contributed by atoms with Crippen molar-refractivity contribution >= 4 is 21.7 Å². The second-order valence-corrected chi connectivity index (χ2v) is 11.5. The van der Waals surface area contributed by atoms with Crippen LogP contribution in [0, 0.1) is 12.8 Å². The van der Waals surface area contributed by atoms with Crippen molar-refractivity contribution < 1.29 is 8.42 Å². The SMILES string of the molecule is CCCCC1C(=NC2CCCCC2)N(C2CCCCC2)/C1=N/S(=O)(=O)c1ccc(C)cc1. The van der Waals surface area contributed by atoms with Gasteiger partial charge in [0.15, 0.2) is 0 Å². The van der Waals surface area contributed by atoms with Crippen LogP contribution in [0.25, 0.3) is 0 Å². The number of benzene rings is 1. The molecule has 0 aromatic heterocycles. The molecule has 0 N–H and O–H groups in total. The number of rotatable bonds is 7. The maximum Gasteiger partial charge on any atom is 0.283 e. The molecule has 1 heterocycles. The number of hydrogen-bond donors (Lipinski definition) is 0. The van der Waals surface area contributed by atoms with E-state index in [1.807, 2.05) is 19.1 Å². The summed E-state index contributed by atoms with van der Waals surface area (Å²) >= 11 is 0. The Morgan fingerprint density at radius 2 is 1.53 bits per heavy atom. The molecule has 2 aliphatic carbocycles. The Balaban J connectivity index is 1.70. The minimum absolute atomic E-state index is 0.0547. The monoisotopic (exact) mass is 457 g/mol. The number of nitrogens with zero attached hydrogens (tertiary/aromatic N) is 3. The molecule has 32 heavy (non-hydrogen) atoms. The van der Waals surface area contributed by atoms with Crippen LogP contribution in [0.5, 0.6) is 0 Å². The smallest absolute Gasteiger partial charge is 0.283 e. The zero-order chi connectivity index (χ0) is 22.6. The molecule has 6 heteroatoms. The fourth-order valence-corrected chi connectivity index (χ4v) is 6.47. The van der Waals surface area contributed by atoms with Crippen molar-refractivity contribution in [1.82, 2.24) is 4.90 Å². The number of likely N-dealkylation sites (tertiary alicyclic amines) is 1. The molecule has 3 fully saturated rings. The highest BCUT2D eigenvalue weighted by Crippen LogP contribution is 2.37. The highest BCUT2D eigenvalue weighted by molar-refractivity contribution is 7.90. The molecule has 3 aliphatic rings. The van der Waals surface area contributed by atoms with E-state index in [9.17, 15) is 8.42 Å². The molecule has 1 saturated heterocycles. The van der Waals surface area contributed by atoms with E-state index in [4.69, 9.17) is 4.99 Å². The molecule has 1 aromatic rings. The average Bonchev–Trinajstić information content (AvgIpc) is 2.80. The van der Waals surface area contributed by atoms with Crippen LogP contribution in [-0.2, 0) is 10.0 Å². The van der Waals surface area contributed by atoms with E-state index in [2.05, 4.69) is 16.2 Å². The first kappa shape index (κ1) is 23.5. The van der Waals surface area contributed by atoms with Gasteiger partial charge in [-0.1, -0.05) is 76.0 Å². The minimum atomic E-state index is -3.73. The van der Waals surface area contributed by atoms with Gasteiger partial charge in [0.1, 0.15) is 11.7 Å². The van der Waals surface area contributed by atoms with Crippen molar-refractivity contribution in [2.75, 3.05) is 0 Å². The minimum Gasteiger partial charge on any atom is -0.313 e. The zero-order valence-electron chi connectivity index (χ0n) is 19.8. The fraction of sp³-hybridized carbons (Fsp3) is 0.692. The summed E-state index contributed by atoms with van der Waals surface area (Å²) in [6.45, 7) is 4.16. The summed E-state index contributed by atoms with van der Waals surface area (Å²) in [5.74, 6) is 1.94. The van der Waals surface area contributed by atoms with E-state index >= 15 is 0 Å². The molecule has 176 valence electrons. The van der Waals surface area contributed by atoms with Crippen molar-refractivity contribution in [3.8, 4) is 0 Å². The summed E-state index contributed by atoms with van der Waals surface area (Å²) < 4.78 is 31.0. The standard InChI is InChI=1S/C26H39N3O2S/c1-3-4-15-24-25(27-21-11-7-5-8-12-21)29(22-13-9-6-10-14-22)26(24)28-32(30,31)23-18-16-20(2)17-19-23/h16-19,21-22,24H,3-15H2,1-2H3/b27-25?,28-26+. The molecule has 0 bridgehead atoms. The maximum atomic E-state index is 13.2. The lowest BCUT2D eigenvalue weighted by molar-refractivity contribution is 0.280. The third kappa shape index (κ3) is 5.27. The van der Waals surface area contributed by atoms with Crippen molar-refractivity contribution in [3.63, 3.8) is 0 Å². The van der Waals surface area contributed by atoms with Gasteiger partial charge >= 0.3 is 0 Å². The lowest BCUT2D eigenvalue weighted by atomic mass is 9.84. The van der Waals surface area contributed by atoms with E-state index < -0.39 is 10.0 Å². The molecular weight excluding hydrogens is 418 g/mol. The van der Waals surface area contributed by atoms with E-state index in [0.717, 1.165) is 62.2 Å². The molecule has 1 unspecified atom stereocenters. The topological polar surface area (TPSA) is 62.1 Å². The summed E-state index contributed by atoms with van der Waals surface area (Å²) in [7, 11) is -3.73. The molecule has 2 saturated carbocycles. The fourth-order valence-electron chi connectivity index (χ4n) is 5.43. The maximum absolute atomic E-state index is 13.2. The average molecular weight is 458 g/mol. The second kappa shape index (κ2) is 10.5. The quantitative estimate of drug-likeness (QED) is 0.485. The van der Waals surface area contributed by atoms with Crippen molar-refractivity contribution in [1.29, 1.82) is 0 Å². The Hall–Kier alpha value is -1.69. The lowest BCUT2D eigenvalue weighted by Crippen LogP contribution is -2.62. The number of aliphatic imine (C=N–C) groups is 1. The lowest BCUT2D eigenvalue weighted by Gasteiger charge is -2.49. The summed E-state index contributed by atoms with van der Waals surface area (Å²) in [4.78, 5) is 7.80. The number of hydrogen-bond acceptors (Lipinski definition) is 3. The molecule has 0 spiro atoms. The van der Waals surface area contributed by atoms with Crippen LogP contribution >= 0.6 is 0 Å². The number of sulfonamides is 1. The van der Waals surface area contributed by atoms with Gasteiger partial charge in [0.2, 0.25) is 0 Å². The van der Waals surface area contributed by atoms with Crippen molar-refractivity contribution in [3.05, 3.63) is 29.8 Å². The second-order valence-electron chi connectivity index (χ2n) is 9.87. The Kier molecular flexibility index (Phi) is 7.70. The van der Waals surface area contributed by atoms with Gasteiger partial charge in [-0.3, -0.25) is 4.99 Å². The highest BCUT2D eigenvalue weighted by atomic mass is 32.2. The summed E-state index contributed by atoms with van der Waals surface area (Å²) in [5.41, 5.74) is 1.05. The van der Waals surface area contributed by atoms with Gasteiger partial charge in [0.05, 0.1) is 16.9 Å². The molecule has 5 nitrogen and oxygen atoms in total. The van der Waals surface area contributed by atoms with Gasteiger partial charge in [-0.25, -0.2) is 0 Å². The number of amidine groups is 2. The predicted octanol–water partition coefficient (Wildman–Crippen LogP) is 6.27. The Bertz CT molecular complexity index is 924. The van der Waals surface area contributed by atoms with Gasteiger partial charge in [0.25, 0.3) is 10.0 Å². The van der Waals surface area contributed by atoms with Crippen LogP contribution in [-0.4, -0.2) is 37.1 Å². The van der Waals surface area contributed by atoms with E-state index in [-0.39, 0.29) is 10.8 Å². The first-order chi connectivity index (χ1) is 15.5. The van der Waals surface area contributed by atoms with Crippen LogP contribution < -0.4 is 0 Å². The molecule has 0 amide bonds. The van der Waals surface area contributed by atoms with Crippen LogP contribution in [0.3, 0.4) is 0 Å². The molecule has 4 rings (SSSR count). The molecule has 1 aromatic carbocycles. The summed E-state index contributed by atoms with van der Waals surface area (Å²) in [6, 6.07) is 7.78. The third-order valence-corrected chi connectivity index (χ3v) is 8.62. The van der Waals surface area contributed by atoms with Crippen LogP contribution in [0.1, 0.15) is 96.0 Å². The third-order valence-electron chi connectivity index (χ3n) is 7.33. The number of unbranched alkanes of at least 4 members (excludes halogenated alkanes) is 1. The highest BCUT2D eigenvalue weighted by Gasteiger charge is 2.46. The van der Waals surface area contributed by atoms with Gasteiger partial charge in [0, 0.05) is 6.04 Å². The summed E-state index contributed by atoms with van der Waals surface area (Å²) in [5, 5.41) is 0. The zero-order valence-corrected chi connectivity index (χ0v) is 20.6. The summed E-state index contributed by atoms with van der Waals surface area (Å²) in [6.07, 6.45) is 15.1. The molecular formula is C26H39N3O2S. The van der Waals surface area contributed by atoms with E-state index in [1.165, 1.54) is 38.5 Å². The van der Waals surface area contributed by atoms with Crippen LogP contribution in [0.15, 0.2) is 38.6 Å². The Morgan fingerprint density at radius 1 is 0.906 bits per heavy atom. The van der Waals surface area contributed by atoms with Gasteiger partial charge < -0.3 is 4.90 Å². The van der Waals surface area contributed by atoms with Crippen molar-refractivity contribution in [2.24, 2.45) is 15.3 Å². The molecule has 0 radical (unpaired) electrons. The van der Waals surface area contributed by atoms with Crippen molar-refractivity contribution in [2.45, 2.75) is 114 Å². The first-order valence-electron chi connectivity index (χ1n) is 12.8. The normalized spacial score (nSPS) is 25.9. The van der Waals surface area contributed by atoms with Gasteiger partial charge in [-0.05, 0) is 51.2 Å². The van der Waals surface area contributed by atoms with E-state index in [1.54, 1.807) is 12.1 Å².